The molecule has 0 fully saturated rings. The zero-order valence-corrected chi connectivity index (χ0v) is 25.4. The number of hydrogen-bond donors (Lipinski definition) is 6. The first-order valence-electron chi connectivity index (χ1n) is 12.5. The van der Waals surface area contributed by atoms with Crippen LogP contribution in [0.25, 0.3) is 0 Å². The third-order valence-corrected chi connectivity index (χ3v) is 5.79. The number of carbonyl (C=O) groups excluding carboxylic acids is 3. The summed E-state index contributed by atoms with van der Waals surface area (Å²) in [5.41, 5.74) is 16.2. The number of anilines is 1. The Bertz CT molecular complexity index is 1130. The average molecular weight is 675 g/mol. The molecule has 0 aromatic heterocycles. The molecule has 0 saturated heterocycles. The monoisotopic (exact) mass is 673 g/mol. The number of alkyl halides is 3. The van der Waals surface area contributed by atoms with E-state index >= 15 is 0 Å². The molecule has 17 heteroatoms. The molecule has 2 aromatic carbocycles. The summed E-state index contributed by atoms with van der Waals surface area (Å²) in [6.45, 7) is 2.96. The maximum absolute atomic E-state index is 13.2. The lowest BCUT2D eigenvalue weighted by atomic mass is 9.99. The van der Waals surface area contributed by atoms with Gasteiger partial charge in [-0.05, 0) is 48.9 Å². The molecule has 43 heavy (non-hydrogen) atoms. The SMILES string of the molecule is CCOc1ccc(NC(=O)[C@@H](NC(=O)[C@@H](N)CC(=O)N(CCN)CCN)[C@H](O)c2ccc(C(F)(F)F)cc2)cc1.[Cl-].[Cl-].[Cl-]. The quantitative estimate of drug-likeness (QED) is 0.114. The molecule has 0 heterocycles. The number of aliphatic hydroxyl groups is 1. The number of amides is 3. The number of nitrogens with two attached hydrogens (primary N) is 3. The van der Waals surface area contributed by atoms with Crippen LogP contribution in [0.15, 0.2) is 48.5 Å². The first-order valence-corrected chi connectivity index (χ1v) is 12.5. The molecule has 3 amide bonds. The van der Waals surface area contributed by atoms with Crippen LogP contribution in [-0.2, 0) is 20.6 Å². The molecule has 2 rings (SSSR count). The summed E-state index contributed by atoms with van der Waals surface area (Å²) < 4.78 is 44.3. The topological polar surface area (TPSA) is 186 Å². The fourth-order valence-corrected chi connectivity index (χ4v) is 3.71. The number of nitrogens with zero attached hydrogens (tertiary/aromatic N) is 1. The number of ether oxygens (including phenoxy) is 1. The molecule has 3 atom stereocenters. The average Bonchev–Trinajstić information content (AvgIpc) is 2.91. The number of hydrogen-bond acceptors (Lipinski definition) is 8. The fourth-order valence-electron chi connectivity index (χ4n) is 3.71. The van der Waals surface area contributed by atoms with E-state index in [1.165, 1.54) is 17.0 Å². The van der Waals surface area contributed by atoms with Crippen LogP contribution in [-0.4, -0.2) is 72.6 Å². The van der Waals surface area contributed by atoms with Crippen molar-refractivity contribution in [2.75, 3.05) is 38.1 Å². The van der Waals surface area contributed by atoms with E-state index in [4.69, 9.17) is 21.9 Å². The molecule has 0 bridgehead atoms. The first-order chi connectivity index (χ1) is 18.9. The largest absolute Gasteiger partial charge is 1.00 e. The normalized spacial score (nSPS) is 12.7. The Labute approximate surface area is 266 Å². The minimum atomic E-state index is -4.61. The Morgan fingerprint density at radius 3 is 1.93 bits per heavy atom. The van der Waals surface area contributed by atoms with Crippen molar-refractivity contribution in [3.05, 3.63) is 59.7 Å². The van der Waals surface area contributed by atoms with Crippen LogP contribution >= 0.6 is 0 Å². The van der Waals surface area contributed by atoms with Gasteiger partial charge in [0.1, 0.15) is 17.9 Å². The van der Waals surface area contributed by atoms with Gasteiger partial charge in [-0.1, -0.05) is 12.1 Å². The maximum atomic E-state index is 13.2. The zero-order valence-electron chi connectivity index (χ0n) is 23.1. The fraction of sp³-hybridized carbons (Fsp3) is 0.423. The number of nitrogens with one attached hydrogen (secondary N) is 2. The highest BCUT2D eigenvalue weighted by Gasteiger charge is 2.34. The van der Waals surface area contributed by atoms with Crippen molar-refractivity contribution in [3.8, 4) is 5.75 Å². The van der Waals surface area contributed by atoms with Gasteiger partial charge in [0.05, 0.1) is 24.6 Å². The maximum Gasteiger partial charge on any atom is 0.416 e. The molecule has 0 aliphatic heterocycles. The van der Waals surface area contributed by atoms with Gasteiger partial charge in [0, 0.05) is 31.9 Å². The Balaban J connectivity index is 0. The van der Waals surface area contributed by atoms with Crippen LogP contribution < -0.4 is 69.8 Å². The van der Waals surface area contributed by atoms with Crippen molar-refractivity contribution in [2.24, 2.45) is 17.2 Å². The van der Waals surface area contributed by atoms with Gasteiger partial charge in [0.25, 0.3) is 0 Å². The Morgan fingerprint density at radius 1 is 0.930 bits per heavy atom. The minimum absolute atomic E-state index is 0. The van der Waals surface area contributed by atoms with Gasteiger partial charge in [-0.25, -0.2) is 0 Å². The van der Waals surface area contributed by atoms with Gasteiger partial charge in [-0.15, -0.1) is 0 Å². The molecule has 244 valence electrons. The molecular weight excluding hydrogens is 640 g/mol. The van der Waals surface area contributed by atoms with E-state index < -0.39 is 54.1 Å². The Morgan fingerprint density at radius 2 is 1.47 bits per heavy atom. The Hall–Kier alpha value is -2.85. The van der Waals surface area contributed by atoms with Crippen LogP contribution in [0.4, 0.5) is 18.9 Å². The number of halogens is 6. The molecule has 0 radical (unpaired) electrons. The van der Waals surface area contributed by atoms with Crippen LogP contribution in [0.2, 0.25) is 0 Å². The summed E-state index contributed by atoms with van der Waals surface area (Å²) in [7, 11) is 0. The minimum Gasteiger partial charge on any atom is -1.00 e. The second-order valence-electron chi connectivity index (χ2n) is 8.77. The number of rotatable bonds is 14. The highest BCUT2D eigenvalue weighted by atomic mass is 35.5. The summed E-state index contributed by atoms with van der Waals surface area (Å²) in [4.78, 5) is 40.0. The van der Waals surface area contributed by atoms with E-state index in [1.54, 1.807) is 19.1 Å². The molecule has 2 aromatic rings. The van der Waals surface area contributed by atoms with Crippen LogP contribution in [0.5, 0.6) is 5.75 Å². The van der Waals surface area contributed by atoms with Crippen molar-refractivity contribution in [1.29, 1.82) is 0 Å². The molecule has 9 N–H and O–H groups in total. The van der Waals surface area contributed by atoms with Crippen molar-refractivity contribution in [1.82, 2.24) is 10.2 Å². The van der Waals surface area contributed by atoms with Crippen LogP contribution in [0.1, 0.15) is 30.6 Å². The second-order valence-corrected chi connectivity index (χ2v) is 8.77. The van der Waals surface area contributed by atoms with E-state index in [1.807, 2.05) is 0 Å². The van der Waals surface area contributed by atoms with Crippen molar-refractivity contribution in [3.63, 3.8) is 0 Å². The van der Waals surface area contributed by atoms with Crippen molar-refractivity contribution in [2.45, 2.75) is 37.7 Å². The number of aliphatic hydroxyl groups excluding tert-OH is 1. The van der Waals surface area contributed by atoms with Crippen molar-refractivity contribution < 1.29 is 74.6 Å². The summed E-state index contributed by atoms with van der Waals surface area (Å²) >= 11 is 0. The smallest absolute Gasteiger partial charge is 0.416 e. The standard InChI is InChI=1S/C26H35F3N6O5.3ClH/c1-2-40-19-9-7-18(8-10-19)33-25(39)22(23(37)16-3-5-17(6-4-16)26(27,28)29)34-24(38)20(32)15-21(36)35(13-11-30)14-12-31;;;/h3-10,20,22-23,37H,2,11-15,30-32H2,1H3,(H,33,39)(H,34,38);3*1H/p-3/t20-,22-,23+;;;/m0.../s1. The third-order valence-electron chi connectivity index (χ3n) is 5.79. The predicted molar refractivity (Wildman–Crippen MR) is 142 cm³/mol. The summed E-state index contributed by atoms with van der Waals surface area (Å²) in [5.74, 6) is -1.76. The molecule has 0 saturated carbocycles. The highest BCUT2D eigenvalue weighted by Crippen LogP contribution is 2.30. The molecular formula is C26H35Cl3F3N6O5-3. The van der Waals surface area contributed by atoms with Crippen molar-refractivity contribution >= 4 is 23.4 Å². The molecule has 0 aliphatic rings. The lowest BCUT2D eigenvalue weighted by molar-refractivity contribution is -0.137. The summed E-state index contributed by atoms with van der Waals surface area (Å²) in [5, 5.41) is 15.8. The second kappa shape index (κ2) is 20.2. The van der Waals surface area contributed by atoms with Gasteiger partial charge < -0.3 is 79.8 Å². The molecule has 11 nitrogen and oxygen atoms in total. The van der Waals surface area contributed by atoms with Gasteiger partial charge in [0.15, 0.2) is 0 Å². The van der Waals surface area contributed by atoms with Crippen LogP contribution in [0.3, 0.4) is 0 Å². The van der Waals surface area contributed by atoms with Gasteiger partial charge in [-0.3, -0.25) is 14.4 Å². The molecule has 0 spiro atoms. The third kappa shape index (κ3) is 13.1. The van der Waals surface area contributed by atoms with E-state index in [2.05, 4.69) is 10.6 Å². The Kier molecular flexibility index (Phi) is 19.8. The lowest BCUT2D eigenvalue weighted by Crippen LogP contribution is -3.00. The first kappa shape index (κ1) is 42.3. The van der Waals surface area contributed by atoms with E-state index in [-0.39, 0.29) is 69.0 Å². The van der Waals surface area contributed by atoms with Gasteiger partial charge >= 0.3 is 6.18 Å². The van der Waals surface area contributed by atoms with Gasteiger partial charge in [-0.2, -0.15) is 13.2 Å². The van der Waals surface area contributed by atoms with Crippen LogP contribution in [0, 0.1) is 0 Å². The zero-order chi connectivity index (χ0) is 29.9. The van der Waals surface area contributed by atoms with E-state index in [0.717, 1.165) is 24.3 Å². The molecule has 0 aliphatic carbocycles. The molecule has 0 unspecified atom stereocenters. The lowest BCUT2D eigenvalue weighted by Gasteiger charge is -2.26. The highest BCUT2D eigenvalue weighted by molar-refractivity contribution is 5.99. The van der Waals surface area contributed by atoms with E-state index in [0.29, 0.717) is 18.0 Å². The summed E-state index contributed by atoms with van der Waals surface area (Å²) in [6, 6.07) is 6.64. The van der Waals surface area contributed by atoms with E-state index in [9.17, 15) is 32.7 Å². The number of carbonyl (C=O) groups is 3. The predicted octanol–water partition coefficient (Wildman–Crippen LogP) is -8.26. The number of benzene rings is 2. The summed E-state index contributed by atoms with van der Waals surface area (Å²) in [6.07, 6.45) is -6.80. The van der Waals surface area contributed by atoms with Gasteiger partial charge in [0.2, 0.25) is 17.7 Å².